The molecular weight excluding hydrogens is 250 g/mol. The summed E-state index contributed by atoms with van der Waals surface area (Å²) in [7, 11) is -2.89. The molecule has 0 N–H and O–H groups in total. The number of carbonyl (C=O) groups excluding carboxylic acids is 1. The second-order valence-electron chi connectivity index (χ2n) is 4.76. The predicted octanol–water partition coefficient (Wildman–Crippen LogP) is 1.51. The molecule has 1 aliphatic rings. The van der Waals surface area contributed by atoms with Crippen molar-refractivity contribution in [2.45, 2.75) is 19.9 Å². The largest absolute Gasteiger partial charge is 0.367 e. The standard InChI is InChI=1S/C13H17NO3S/c1-10-9-18(16,17)8-7-14(10)13-5-3-12(4-6-13)11(2)15/h3-6,10H,7-9H2,1-2H3. The van der Waals surface area contributed by atoms with Crippen molar-refractivity contribution in [1.82, 2.24) is 0 Å². The van der Waals surface area contributed by atoms with E-state index in [0.717, 1.165) is 5.69 Å². The minimum atomic E-state index is -2.89. The van der Waals surface area contributed by atoms with Gasteiger partial charge in [-0.3, -0.25) is 4.79 Å². The van der Waals surface area contributed by atoms with E-state index in [0.29, 0.717) is 12.1 Å². The maximum Gasteiger partial charge on any atom is 0.159 e. The Balaban J connectivity index is 2.20. The molecule has 0 spiro atoms. The number of carbonyl (C=O) groups is 1. The van der Waals surface area contributed by atoms with E-state index < -0.39 is 9.84 Å². The molecule has 4 nitrogen and oxygen atoms in total. The Morgan fingerprint density at radius 2 is 1.89 bits per heavy atom. The zero-order valence-electron chi connectivity index (χ0n) is 10.6. The molecule has 0 bridgehead atoms. The Hall–Kier alpha value is -1.36. The Bertz CT molecular complexity index is 548. The summed E-state index contributed by atoms with van der Waals surface area (Å²) in [6.07, 6.45) is 0. The van der Waals surface area contributed by atoms with Crippen molar-refractivity contribution in [2.24, 2.45) is 0 Å². The molecule has 98 valence electrons. The van der Waals surface area contributed by atoms with E-state index in [2.05, 4.69) is 4.90 Å². The van der Waals surface area contributed by atoms with Crippen molar-refractivity contribution < 1.29 is 13.2 Å². The summed E-state index contributed by atoms with van der Waals surface area (Å²) in [5.41, 5.74) is 1.65. The monoisotopic (exact) mass is 267 g/mol. The van der Waals surface area contributed by atoms with E-state index in [9.17, 15) is 13.2 Å². The third-order valence-corrected chi connectivity index (χ3v) is 5.07. The van der Waals surface area contributed by atoms with Crippen molar-refractivity contribution in [2.75, 3.05) is 23.0 Å². The molecule has 1 heterocycles. The van der Waals surface area contributed by atoms with Crippen molar-refractivity contribution in [3.63, 3.8) is 0 Å². The van der Waals surface area contributed by atoms with Crippen LogP contribution in [0.2, 0.25) is 0 Å². The lowest BCUT2D eigenvalue weighted by molar-refractivity contribution is 0.101. The zero-order valence-corrected chi connectivity index (χ0v) is 11.4. The Morgan fingerprint density at radius 1 is 1.28 bits per heavy atom. The number of nitrogens with zero attached hydrogens (tertiary/aromatic N) is 1. The molecule has 1 aliphatic heterocycles. The Kier molecular flexibility index (Phi) is 3.43. The Labute approximate surface area is 108 Å². The average molecular weight is 267 g/mol. The number of ketones is 1. The molecule has 2 rings (SSSR count). The highest BCUT2D eigenvalue weighted by molar-refractivity contribution is 7.91. The molecule has 1 atom stereocenters. The average Bonchev–Trinajstić information content (AvgIpc) is 2.28. The van der Waals surface area contributed by atoms with Gasteiger partial charge >= 0.3 is 0 Å². The first kappa shape index (κ1) is 13.1. The summed E-state index contributed by atoms with van der Waals surface area (Å²) < 4.78 is 23.0. The van der Waals surface area contributed by atoms with E-state index in [1.54, 1.807) is 12.1 Å². The van der Waals surface area contributed by atoms with Gasteiger partial charge in [-0.15, -0.1) is 0 Å². The molecular formula is C13H17NO3S. The molecule has 1 aromatic carbocycles. The minimum absolute atomic E-state index is 0.0214. The second-order valence-corrected chi connectivity index (χ2v) is 6.99. The van der Waals surface area contributed by atoms with Crippen molar-refractivity contribution in [1.29, 1.82) is 0 Å². The fourth-order valence-corrected chi connectivity index (χ4v) is 3.83. The number of hydrogen-bond donors (Lipinski definition) is 0. The molecule has 0 radical (unpaired) electrons. The number of benzene rings is 1. The van der Waals surface area contributed by atoms with Crippen molar-refractivity contribution >= 4 is 21.3 Å². The lowest BCUT2D eigenvalue weighted by Gasteiger charge is -2.35. The van der Waals surface area contributed by atoms with Gasteiger partial charge in [-0.2, -0.15) is 0 Å². The van der Waals surface area contributed by atoms with E-state index >= 15 is 0 Å². The third-order valence-electron chi connectivity index (χ3n) is 3.28. The van der Waals surface area contributed by atoms with Crippen LogP contribution in [0.3, 0.4) is 0 Å². The number of anilines is 1. The summed E-state index contributed by atoms with van der Waals surface area (Å²) in [5.74, 6) is 0.434. The first-order valence-corrected chi connectivity index (χ1v) is 7.79. The zero-order chi connectivity index (χ0) is 13.3. The minimum Gasteiger partial charge on any atom is -0.367 e. The SMILES string of the molecule is CC(=O)c1ccc(N2CCS(=O)(=O)CC2C)cc1. The normalized spacial score (nSPS) is 22.8. The van der Waals surface area contributed by atoms with Crippen molar-refractivity contribution in [3.8, 4) is 0 Å². The van der Waals surface area contributed by atoms with Crippen LogP contribution < -0.4 is 4.90 Å². The topological polar surface area (TPSA) is 54.5 Å². The van der Waals surface area contributed by atoms with Crippen LogP contribution in [0.5, 0.6) is 0 Å². The third kappa shape index (κ3) is 2.72. The van der Waals surface area contributed by atoms with Gasteiger partial charge in [0.2, 0.25) is 0 Å². The van der Waals surface area contributed by atoms with E-state index in [1.165, 1.54) is 6.92 Å². The number of hydrogen-bond acceptors (Lipinski definition) is 4. The fraction of sp³-hybridized carbons (Fsp3) is 0.462. The lowest BCUT2D eigenvalue weighted by Crippen LogP contribution is -2.47. The molecule has 5 heteroatoms. The summed E-state index contributed by atoms with van der Waals surface area (Å²) in [6.45, 7) is 3.96. The highest BCUT2D eigenvalue weighted by atomic mass is 32.2. The van der Waals surface area contributed by atoms with Gasteiger partial charge in [0.25, 0.3) is 0 Å². The first-order chi connectivity index (χ1) is 8.39. The van der Waals surface area contributed by atoms with Crippen LogP contribution in [-0.2, 0) is 9.84 Å². The van der Waals surface area contributed by atoms with Gasteiger partial charge in [0.1, 0.15) is 0 Å². The summed E-state index contributed by atoms with van der Waals surface area (Å²) >= 11 is 0. The van der Waals surface area contributed by atoms with Crippen LogP contribution in [0.4, 0.5) is 5.69 Å². The van der Waals surface area contributed by atoms with Gasteiger partial charge in [-0.25, -0.2) is 8.42 Å². The maximum atomic E-state index is 11.5. The second kappa shape index (κ2) is 4.72. The highest BCUT2D eigenvalue weighted by Crippen LogP contribution is 2.22. The van der Waals surface area contributed by atoms with Crippen LogP contribution in [-0.4, -0.2) is 38.3 Å². The van der Waals surface area contributed by atoms with Crippen LogP contribution >= 0.6 is 0 Å². The van der Waals surface area contributed by atoms with Crippen molar-refractivity contribution in [3.05, 3.63) is 29.8 Å². The van der Waals surface area contributed by atoms with E-state index in [-0.39, 0.29) is 23.3 Å². The highest BCUT2D eigenvalue weighted by Gasteiger charge is 2.28. The molecule has 1 saturated heterocycles. The number of rotatable bonds is 2. The summed E-state index contributed by atoms with van der Waals surface area (Å²) in [5, 5.41) is 0. The molecule has 1 fully saturated rings. The smallest absolute Gasteiger partial charge is 0.159 e. The van der Waals surface area contributed by atoms with Gasteiger partial charge in [0.05, 0.1) is 11.5 Å². The van der Waals surface area contributed by atoms with Crippen LogP contribution in [0.25, 0.3) is 0 Å². The molecule has 18 heavy (non-hydrogen) atoms. The van der Waals surface area contributed by atoms with Gasteiger partial charge in [-0.1, -0.05) is 0 Å². The van der Waals surface area contributed by atoms with Gasteiger partial charge < -0.3 is 4.90 Å². The number of Topliss-reactive ketones (excluding diaryl/α,β-unsaturated/α-hetero) is 1. The van der Waals surface area contributed by atoms with Crippen LogP contribution in [0.15, 0.2) is 24.3 Å². The lowest BCUT2D eigenvalue weighted by atomic mass is 10.1. The van der Waals surface area contributed by atoms with Crippen LogP contribution in [0, 0.1) is 0 Å². The van der Waals surface area contributed by atoms with Gasteiger partial charge in [0.15, 0.2) is 15.6 Å². The van der Waals surface area contributed by atoms with Gasteiger partial charge in [-0.05, 0) is 38.1 Å². The molecule has 1 aromatic rings. The van der Waals surface area contributed by atoms with E-state index in [1.807, 2.05) is 19.1 Å². The quantitative estimate of drug-likeness (QED) is 0.762. The molecule has 0 saturated carbocycles. The maximum absolute atomic E-state index is 11.5. The fourth-order valence-electron chi connectivity index (χ4n) is 2.27. The summed E-state index contributed by atoms with van der Waals surface area (Å²) in [4.78, 5) is 13.3. The van der Waals surface area contributed by atoms with Gasteiger partial charge in [0, 0.05) is 23.8 Å². The predicted molar refractivity (Wildman–Crippen MR) is 71.9 cm³/mol. The summed E-state index contributed by atoms with van der Waals surface area (Å²) in [6, 6.07) is 7.31. The molecule has 0 amide bonds. The van der Waals surface area contributed by atoms with E-state index in [4.69, 9.17) is 0 Å². The molecule has 0 aromatic heterocycles. The molecule has 0 aliphatic carbocycles. The molecule has 1 unspecified atom stereocenters. The number of sulfone groups is 1. The first-order valence-electron chi connectivity index (χ1n) is 5.97. The Morgan fingerprint density at radius 3 is 2.39 bits per heavy atom. The van der Waals surface area contributed by atoms with Crippen LogP contribution in [0.1, 0.15) is 24.2 Å².